The third kappa shape index (κ3) is 3.51. The molecular formula is C18H18ClN3O2. The molecule has 0 bridgehead atoms. The predicted molar refractivity (Wildman–Crippen MR) is 94.6 cm³/mol. The Hall–Kier alpha value is -2.53. The van der Waals surface area contributed by atoms with E-state index in [1.165, 1.54) is 18.2 Å². The maximum absolute atomic E-state index is 12.2. The van der Waals surface area contributed by atoms with Crippen molar-refractivity contribution in [2.75, 3.05) is 12.4 Å². The topological polar surface area (TPSA) is 70.2 Å². The lowest BCUT2D eigenvalue weighted by molar-refractivity contribution is 0.0963. The highest BCUT2D eigenvalue weighted by molar-refractivity contribution is 6.34. The molecule has 0 spiro atoms. The summed E-state index contributed by atoms with van der Waals surface area (Å²) >= 11 is 6.09. The number of carbonyl (C=O) groups excluding carboxylic acids is 2. The average Bonchev–Trinajstić information content (AvgIpc) is 2.96. The van der Waals surface area contributed by atoms with Crippen molar-refractivity contribution in [3.63, 3.8) is 0 Å². The molecule has 0 fully saturated rings. The Balaban J connectivity index is 1.60. The minimum atomic E-state index is -0.281. The molecular weight excluding hydrogens is 326 g/mol. The van der Waals surface area contributed by atoms with E-state index in [0.717, 1.165) is 12.8 Å². The van der Waals surface area contributed by atoms with Crippen LogP contribution in [0.4, 0.5) is 10.5 Å². The molecule has 5 nitrogen and oxygen atoms in total. The van der Waals surface area contributed by atoms with Crippen LogP contribution in [0, 0.1) is 0 Å². The van der Waals surface area contributed by atoms with Gasteiger partial charge in [0, 0.05) is 18.8 Å². The van der Waals surface area contributed by atoms with Gasteiger partial charge in [-0.3, -0.25) is 4.79 Å². The highest BCUT2D eigenvalue weighted by Gasteiger charge is 2.22. The molecule has 0 atom stereocenters. The molecule has 0 heterocycles. The molecule has 0 saturated carbocycles. The molecule has 3 amide bonds. The Labute approximate surface area is 145 Å². The van der Waals surface area contributed by atoms with E-state index in [9.17, 15) is 9.59 Å². The number of anilines is 1. The second-order valence-corrected chi connectivity index (χ2v) is 6.15. The predicted octanol–water partition coefficient (Wildman–Crippen LogP) is 2.99. The number of hydrogen-bond acceptors (Lipinski definition) is 2. The first-order valence-electron chi connectivity index (χ1n) is 7.72. The minimum absolute atomic E-state index is 0.0861. The van der Waals surface area contributed by atoms with E-state index in [2.05, 4.69) is 28.1 Å². The zero-order chi connectivity index (χ0) is 17.1. The molecule has 0 unspecified atom stereocenters. The molecule has 2 aromatic carbocycles. The Morgan fingerprint density at radius 3 is 2.33 bits per heavy atom. The van der Waals surface area contributed by atoms with Crippen molar-refractivity contribution in [2.24, 2.45) is 0 Å². The number of amides is 3. The number of carbonyl (C=O) groups is 2. The zero-order valence-corrected chi connectivity index (χ0v) is 14.0. The quantitative estimate of drug-likeness (QED) is 0.801. The third-order valence-electron chi connectivity index (χ3n) is 4.08. The van der Waals surface area contributed by atoms with Crippen LogP contribution in [-0.2, 0) is 12.8 Å². The lowest BCUT2D eigenvalue weighted by Crippen LogP contribution is -2.38. The van der Waals surface area contributed by atoms with Crippen LogP contribution in [-0.4, -0.2) is 25.0 Å². The van der Waals surface area contributed by atoms with E-state index in [4.69, 9.17) is 11.6 Å². The van der Waals surface area contributed by atoms with E-state index < -0.39 is 0 Å². The average molecular weight is 344 g/mol. The molecule has 24 heavy (non-hydrogen) atoms. The van der Waals surface area contributed by atoms with Crippen LogP contribution in [0.15, 0.2) is 42.5 Å². The van der Waals surface area contributed by atoms with E-state index >= 15 is 0 Å². The van der Waals surface area contributed by atoms with Gasteiger partial charge in [0.25, 0.3) is 5.91 Å². The van der Waals surface area contributed by atoms with Gasteiger partial charge in [0.1, 0.15) is 0 Å². The minimum Gasteiger partial charge on any atom is -0.355 e. The van der Waals surface area contributed by atoms with Gasteiger partial charge >= 0.3 is 6.03 Å². The van der Waals surface area contributed by atoms with Crippen molar-refractivity contribution < 1.29 is 9.59 Å². The molecule has 0 aromatic heterocycles. The summed E-state index contributed by atoms with van der Waals surface area (Å²) in [5.41, 5.74) is 3.47. The Morgan fingerprint density at radius 2 is 1.75 bits per heavy atom. The van der Waals surface area contributed by atoms with Gasteiger partial charge in [-0.15, -0.1) is 0 Å². The summed E-state index contributed by atoms with van der Waals surface area (Å²) < 4.78 is 0. The molecule has 124 valence electrons. The second kappa shape index (κ2) is 6.93. The number of nitrogens with one attached hydrogen (secondary N) is 3. The van der Waals surface area contributed by atoms with Crippen LogP contribution in [0.1, 0.15) is 21.5 Å². The van der Waals surface area contributed by atoms with Gasteiger partial charge in [0.05, 0.1) is 10.6 Å². The van der Waals surface area contributed by atoms with Gasteiger partial charge in [-0.25, -0.2) is 4.79 Å². The maximum atomic E-state index is 12.2. The van der Waals surface area contributed by atoms with Crippen LogP contribution >= 0.6 is 11.6 Å². The molecule has 1 aliphatic carbocycles. The smallest absolute Gasteiger partial charge is 0.319 e. The number of fused-ring (bicyclic) bond motifs is 1. The maximum Gasteiger partial charge on any atom is 0.319 e. The van der Waals surface area contributed by atoms with E-state index in [1.807, 2.05) is 12.1 Å². The fourth-order valence-corrected chi connectivity index (χ4v) is 3.19. The lowest BCUT2D eigenvalue weighted by atomic mass is 10.1. The molecule has 1 aliphatic rings. The SMILES string of the molecule is CNC(=O)c1ccc(NC(=O)NC2Cc3ccccc3C2)cc1Cl. The van der Waals surface area contributed by atoms with E-state index in [0.29, 0.717) is 16.3 Å². The molecule has 2 aromatic rings. The summed E-state index contributed by atoms with van der Waals surface area (Å²) in [6, 6.07) is 12.8. The van der Waals surface area contributed by atoms with Gasteiger partial charge in [-0.05, 0) is 42.2 Å². The summed E-state index contributed by atoms with van der Waals surface area (Å²) in [6.45, 7) is 0. The summed E-state index contributed by atoms with van der Waals surface area (Å²) in [5.74, 6) is -0.264. The van der Waals surface area contributed by atoms with Crippen molar-refractivity contribution in [1.82, 2.24) is 10.6 Å². The second-order valence-electron chi connectivity index (χ2n) is 5.75. The van der Waals surface area contributed by atoms with Gasteiger partial charge < -0.3 is 16.0 Å². The van der Waals surface area contributed by atoms with Gasteiger partial charge in [-0.1, -0.05) is 35.9 Å². The van der Waals surface area contributed by atoms with Gasteiger partial charge in [0.2, 0.25) is 0 Å². The highest BCUT2D eigenvalue weighted by Crippen LogP contribution is 2.23. The largest absolute Gasteiger partial charge is 0.355 e. The van der Waals surface area contributed by atoms with Crippen LogP contribution in [0.25, 0.3) is 0 Å². The molecule has 3 rings (SSSR count). The summed E-state index contributed by atoms with van der Waals surface area (Å²) in [6.07, 6.45) is 1.67. The number of urea groups is 1. The fraction of sp³-hybridized carbons (Fsp3) is 0.222. The number of halogens is 1. The molecule has 0 aliphatic heterocycles. The summed E-state index contributed by atoms with van der Waals surface area (Å²) in [4.78, 5) is 23.8. The molecule has 6 heteroatoms. The van der Waals surface area contributed by atoms with Crippen molar-refractivity contribution >= 4 is 29.2 Å². The first-order chi connectivity index (χ1) is 11.6. The summed E-state index contributed by atoms with van der Waals surface area (Å²) in [5, 5.41) is 8.53. The number of rotatable bonds is 3. The van der Waals surface area contributed by atoms with Crippen LogP contribution in [0.2, 0.25) is 5.02 Å². The molecule has 0 saturated heterocycles. The zero-order valence-electron chi connectivity index (χ0n) is 13.2. The van der Waals surface area contributed by atoms with Crippen LogP contribution in [0.5, 0.6) is 0 Å². The monoisotopic (exact) mass is 343 g/mol. The van der Waals surface area contributed by atoms with E-state index in [1.54, 1.807) is 18.2 Å². The summed E-state index contributed by atoms with van der Waals surface area (Å²) in [7, 11) is 1.54. The normalized spacial score (nSPS) is 13.2. The first-order valence-corrected chi connectivity index (χ1v) is 8.10. The first kappa shape index (κ1) is 16.3. The highest BCUT2D eigenvalue weighted by atomic mass is 35.5. The van der Waals surface area contributed by atoms with Gasteiger partial charge in [0.15, 0.2) is 0 Å². The number of hydrogen-bond donors (Lipinski definition) is 3. The number of benzene rings is 2. The van der Waals surface area contributed by atoms with Crippen molar-refractivity contribution in [3.8, 4) is 0 Å². The van der Waals surface area contributed by atoms with Crippen LogP contribution < -0.4 is 16.0 Å². The van der Waals surface area contributed by atoms with Gasteiger partial charge in [-0.2, -0.15) is 0 Å². The van der Waals surface area contributed by atoms with E-state index in [-0.39, 0.29) is 18.0 Å². The van der Waals surface area contributed by atoms with Crippen molar-refractivity contribution in [1.29, 1.82) is 0 Å². The van der Waals surface area contributed by atoms with Crippen molar-refractivity contribution in [3.05, 3.63) is 64.2 Å². The standard InChI is InChI=1S/C18H18ClN3O2/c1-20-17(23)15-7-6-13(10-16(15)19)21-18(24)22-14-8-11-4-2-3-5-12(11)9-14/h2-7,10,14H,8-9H2,1H3,(H,20,23)(H2,21,22,24). The fourth-order valence-electron chi connectivity index (χ4n) is 2.93. The molecule has 0 radical (unpaired) electrons. The lowest BCUT2D eigenvalue weighted by Gasteiger charge is -2.14. The molecule has 3 N–H and O–H groups in total. The Kier molecular flexibility index (Phi) is 4.71. The Morgan fingerprint density at radius 1 is 1.08 bits per heavy atom. The van der Waals surface area contributed by atoms with Crippen molar-refractivity contribution in [2.45, 2.75) is 18.9 Å². The third-order valence-corrected chi connectivity index (χ3v) is 4.40. The van der Waals surface area contributed by atoms with Crippen LogP contribution in [0.3, 0.4) is 0 Å². The Bertz CT molecular complexity index is 767.